The summed E-state index contributed by atoms with van der Waals surface area (Å²) in [6, 6.07) is 10.7. The zero-order valence-electron chi connectivity index (χ0n) is 27.7. The molecule has 7 rings (SSSR count). The molecule has 238 valence electrons. The van der Waals surface area contributed by atoms with Crippen molar-refractivity contribution in [2.75, 3.05) is 20.3 Å². The zero-order chi connectivity index (χ0) is 31.9. The number of aryl methyl sites for hydroxylation is 2. The first-order valence-corrected chi connectivity index (χ1v) is 16.1. The van der Waals surface area contributed by atoms with Crippen LogP contribution in [0.2, 0.25) is 0 Å². The summed E-state index contributed by atoms with van der Waals surface area (Å²) in [4.78, 5) is 23.8. The fourth-order valence-corrected chi connectivity index (χ4v) is 6.97. The van der Waals surface area contributed by atoms with Gasteiger partial charge in [-0.2, -0.15) is 0 Å². The van der Waals surface area contributed by atoms with Crippen molar-refractivity contribution in [3.05, 3.63) is 53.0 Å². The van der Waals surface area contributed by atoms with Crippen molar-refractivity contribution in [3.8, 4) is 28.1 Å². The minimum absolute atomic E-state index is 0.201. The van der Waals surface area contributed by atoms with Crippen LogP contribution < -0.4 is 10.2 Å². The summed E-state index contributed by atoms with van der Waals surface area (Å²) >= 11 is 0. The molecule has 0 radical (unpaired) electrons. The highest BCUT2D eigenvalue weighted by Crippen LogP contribution is 2.45. The quantitative estimate of drug-likeness (QED) is 0.362. The molecule has 45 heavy (non-hydrogen) atoms. The summed E-state index contributed by atoms with van der Waals surface area (Å²) < 4.78 is 30.2. The first-order chi connectivity index (χ1) is 21.2. The minimum Gasteiger partial charge on any atom is -0.488 e. The van der Waals surface area contributed by atoms with Crippen molar-refractivity contribution in [1.29, 1.82) is 0 Å². The van der Waals surface area contributed by atoms with E-state index in [1.807, 2.05) is 25.7 Å². The number of methoxy groups -OCH3 is 1. The molecule has 1 aromatic heterocycles. The van der Waals surface area contributed by atoms with Crippen LogP contribution in [0.25, 0.3) is 22.4 Å². The van der Waals surface area contributed by atoms with E-state index >= 15 is 0 Å². The molecule has 10 heteroatoms. The fraction of sp³-hybridized carbons (Fsp3) is 0.543. The molecule has 4 heterocycles. The molecule has 3 aliphatic heterocycles. The molecule has 0 saturated carbocycles. The van der Waals surface area contributed by atoms with Crippen LogP contribution in [-0.2, 0) is 38.2 Å². The minimum atomic E-state index is -0.576. The number of benzene rings is 2. The Kier molecular flexibility index (Phi) is 7.15. The van der Waals surface area contributed by atoms with Gasteiger partial charge in [0.05, 0.1) is 29.5 Å². The summed E-state index contributed by atoms with van der Waals surface area (Å²) in [5, 5.41) is 0. The van der Waals surface area contributed by atoms with Crippen LogP contribution in [0.3, 0.4) is 0 Å². The third-order valence-electron chi connectivity index (χ3n) is 9.96. The number of H-pyrrole nitrogens is 1. The van der Waals surface area contributed by atoms with Gasteiger partial charge in [-0.05, 0) is 102 Å². The average Bonchev–Trinajstić information content (AvgIpc) is 3.64. The number of carbonyl (C=O) groups excluding carboxylic acids is 1. The molecular formula is C35H44BN3O6. The number of amides is 1. The number of nitrogens with zero attached hydrogens (tertiary/aromatic N) is 2. The highest BCUT2D eigenvalue weighted by molar-refractivity contribution is 6.62. The maximum atomic E-state index is 13.2. The predicted octanol–water partition coefficient (Wildman–Crippen LogP) is 5.98. The number of imidazole rings is 1. The van der Waals surface area contributed by atoms with Crippen LogP contribution in [0.5, 0.6) is 5.75 Å². The Bertz CT molecular complexity index is 1640. The molecule has 2 saturated heterocycles. The molecular weight excluding hydrogens is 569 g/mol. The van der Waals surface area contributed by atoms with Gasteiger partial charge in [0, 0.05) is 36.4 Å². The van der Waals surface area contributed by atoms with Crippen LogP contribution in [0.15, 0.2) is 30.3 Å². The van der Waals surface area contributed by atoms with E-state index in [1.54, 1.807) is 7.11 Å². The molecule has 3 aromatic rings. The van der Waals surface area contributed by atoms with Gasteiger partial charge < -0.3 is 28.5 Å². The van der Waals surface area contributed by atoms with E-state index in [0.29, 0.717) is 19.8 Å². The Morgan fingerprint density at radius 3 is 2.51 bits per heavy atom. The number of likely N-dealkylation sites (tertiary alicyclic amines) is 1. The monoisotopic (exact) mass is 613 g/mol. The lowest BCUT2D eigenvalue weighted by molar-refractivity contribution is 0.00578. The van der Waals surface area contributed by atoms with Gasteiger partial charge in [-0.15, -0.1) is 0 Å². The molecule has 2 aromatic carbocycles. The predicted molar refractivity (Wildman–Crippen MR) is 173 cm³/mol. The first-order valence-electron chi connectivity index (χ1n) is 16.1. The molecule has 1 amide bonds. The maximum Gasteiger partial charge on any atom is 0.494 e. The molecule has 0 spiro atoms. The van der Waals surface area contributed by atoms with Gasteiger partial charge in [0.1, 0.15) is 23.8 Å². The summed E-state index contributed by atoms with van der Waals surface area (Å²) in [6.45, 7) is 15.6. The zero-order valence-corrected chi connectivity index (χ0v) is 27.7. The normalized spacial score (nSPS) is 22.8. The molecule has 1 aliphatic carbocycles. The van der Waals surface area contributed by atoms with E-state index in [-0.39, 0.29) is 18.1 Å². The molecule has 2 fully saturated rings. The second kappa shape index (κ2) is 10.6. The van der Waals surface area contributed by atoms with E-state index in [2.05, 4.69) is 63.0 Å². The number of aromatic nitrogens is 2. The van der Waals surface area contributed by atoms with Crippen LogP contribution in [0.4, 0.5) is 4.79 Å². The van der Waals surface area contributed by atoms with Gasteiger partial charge in [0.2, 0.25) is 0 Å². The third-order valence-corrected chi connectivity index (χ3v) is 9.96. The van der Waals surface area contributed by atoms with E-state index in [1.165, 1.54) is 11.1 Å². The number of hydrogen-bond donors (Lipinski definition) is 1. The topological polar surface area (TPSA) is 95.1 Å². The lowest BCUT2D eigenvalue weighted by Gasteiger charge is -2.32. The Hall–Kier alpha value is -3.34. The van der Waals surface area contributed by atoms with Gasteiger partial charge in [-0.25, -0.2) is 9.78 Å². The van der Waals surface area contributed by atoms with E-state index in [9.17, 15) is 4.79 Å². The Balaban J connectivity index is 1.18. The largest absolute Gasteiger partial charge is 0.494 e. The van der Waals surface area contributed by atoms with Gasteiger partial charge in [0.25, 0.3) is 0 Å². The smallest absolute Gasteiger partial charge is 0.488 e. The van der Waals surface area contributed by atoms with E-state index in [4.69, 9.17) is 28.5 Å². The van der Waals surface area contributed by atoms with Crippen molar-refractivity contribution < 1.29 is 28.3 Å². The number of aromatic amines is 1. The average molecular weight is 614 g/mol. The molecule has 1 N–H and O–H groups in total. The standard InChI is InChI=1S/C35H44BN3O6/c1-33(2,3)43-32(40)39-17-20(18-41-8)13-28(39)31-37-27-12-9-21-15-26-24-11-10-23(36-44-34(4,5)35(6,7)45-36)14-22(24)19-42-29(26)16-25(21)30(27)38-31/h10-11,14-16,20,28H,9,12-13,17-19H2,1-8H3,(H,37,38). The number of nitrogens with one attached hydrogen (secondary N) is 1. The van der Waals surface area contributed by atoms with Crippen molar-refractivity contribution in [2.24, 2.45) is 5.92 Å². The van der Waals surface area contributed by atoms with Crippen LogP contribution in [-0.4, -0.2) is 65.1 Å². The number of carbonyl (C=O) groups is 1. The molecule has 4 aliphatic rings. The highest BCUT2D eigenvalue weighted by Gasteiger charge is 2.52. The van der Waals surface area contributed by atoms with E-state index < -0.39 is 23.9 Å². The number of fused-ring (bicyclic) bond motifs is 6. The van der Waals surface area contributed by atoms with Crippen molar-refractivity contribution in [3.63, 3.8) is 0 Å². The lowest BCUT2D eigenvalue weighted by atomic mass is 9.76. The summed E-state index contributed by atoms with van der Waals surface area (Å²) in [5.74, 6) is 1.88. The van der Waals surface area contributed by atoms with E-state index in [0.717, 1.165) is 64.4 Å². The maximum absolute atomic E-state index is 13.2. The van der Waals surface area contributed by atoms with Gasteiger partial charge in [-0.1, -0.05) is 18.2 Å². The van der Waals surface area contributed by atoms with Crippen LogP contribution in [0, 0.1) is 5.92 Å². The second-order valence-corrected chi connectivity index (χ2v) is 15.0. The lowest BCUT2D eigenvalue weighted by Crippen LogP contribution is -2.41. The summed E-state index contributed by atoms with van der Waals surface area (Å²) in [5.41, 5.74) is 7.43. The van der Waals surface area contributed by atoms with Crippen LogP contribution >= 0.6 is 0 Å². The molecule has 2 unspecified atom stereocenters. The van der Waals surface area contributed by atoms with Gasteiger partial charge in [-0.3, -0.25) is 4.90 Å². The molecule has 9 nitrogen and oxygen atoms in total. The van der Waals surface area contributed by atoms with Gasteiger partial charge >= 0.3 is 13.2 Å². The first kappa shape index (κ1) is 30.3. The number of hydrogen-bond acceptors (Lipinski definition) is 7. The third kappa shape index (κ3) is 5.34. The van der Waals surface area contributed by atoms with Crippen LogP contribution in [0.1, 0.15) is 83.6 Å². The van der Waals surface area contributed by atoms with Gasteiger partial charge in [0.15, 0.2) is 0 Å². The number of ether oxygens (including phenoxy) is 3. The summed E-state index contributed by atoms with van der Waals surface area (Å²) in [7, 11) is 1.29. The fourth-order valence-electron chi connectivity index (χ4n) is 6.97. The second-order valence-electron chi connectivity index (χ2n) is 15.0. The number of rotatable bonds is 4. The Morgan fingerprint density at radius 1 is 1.04 bits per heavy atom. The van der Waals surface area contributed by atoms with Crippen molar-refractivity contribution >= 4 is 18.7 Å². The molecule has 0 bridgehead atoms. The highest BCUT2D eigenvalue weighted by atomic mass is 16.7. The van der Waals surface area contributed by atoms with Crippen molar-refractivity contribution in [2.45, 2.75) is 97.2 Å². The summed E-state index contributed by atoms with van der Waals surface area (Å²) in [6.07, 6.45) is 2.20. The Morgan fingerprint density at radius 2 is 1.80 bits per heavy atom. The van der Waals surface area contributed by atoms with Crippen molar-refractivity contribution in [1.82, 2.24) is 14.9 Å². The molecule has 2 atom stereocenters. The Labute approximate surface area is 266 Å². The SMILES string of the molecule is COCC1CC(c2nc3c([nH]2)CCc2cc4c(cc2-3)OCc2cc(B3OC(C)(C)C(C)(C)O3)ccc2-4)N(C(=O)OC(C)(C)C)C1.